The smallest absolute Gasteiger partial charge is 0.303 e. The molecule has 0 aliphatic rings. The first-order valence-corrected chi connectivity index (χ1v) is 7.11. The zero-order valence-electron chi connectivity index (χ0n) is 12.8. The Labute approximate surface area is 125 Å². The molecule has 21 heavy (non-hydrogen) atoms. The van der Waals surface area contributed by atoms with Gasteiger partial charge in [-0.05, 0) is 44.9 Å². The molecular weight excluding hydrogens is 270 g/mol. The van der Waals surface area contributed by atoms with Crippen molar-refractivity contribution < 1.29 is 19.4 Å². The standard InChI is InChI=1S/C16H23NO4/c1-12(2)17(9-5-8-16(19)20)15(18)11-21-14-7-4-6-13(3)10-14/h4,6-7,10,12H,5,8-9,11H2,1-3H3,(H,19,20). The molecule has 5 heteroatoms. The fraction of sp³-hybridized carbons (Fsp3) is 0.500. The van der Waals surface area contributed by atoms with Crippen LogP contribution in [-0.4, -0.2) is 41.1 Å². The van der Waals surface area contributed by atoms with Gasteiger partial charge in [0, 0.05) is 19.0 Å². The SMILES string of the molecule is Cc1cccc(OCC(=O)N(CCCC(=O)O)C(C)C)c1. The lowest BCUT2D eigenvalue weighted by molar-refractivity contribution is -0.139. The minimum atomic E-state index is -0.845. The van der Waals surface area contributed by atoms with Crippen LogP contribution < -0.4 is 4.74 Å². The topological polar surface area (TPSA) is 66.8 Å². The van der Waals surface area contributed by atoms with Crippen LogP contribution in [0.15, 0.2) is 24.3 Å². The molecule has 0 fully saturated rings. The van der Waals surface area contributed by atoms with Crippen LogP contribution in [0.2, 0.25) is 0 Å². The highest BCUT2D eigenvalue weighted by atomic mass is 16.5. The van der Waals surface area contributed by atoms with Crippen LogP contribution in [-0.2, 0) is 9.59 Å². The zero-order valence-corrected chi connectivity index (χ0v) is 12.8. The third-order valence-electron chi connectivity index (χ3n) is 3.09. The molecule has 5 nitrogen and oxygen atoms in total. The van der Waals surface area contributed by atoms with Crippen LogP contribution in [0.5, 0.6) is 5.75 Å². The Morgan fingerprint density at radius 1 is 1.33 bits per heavy atom. The molecule has 116 valence electrons. The maximum absolute atomic E-state index is 12.2. The van der Waals surface area contributed by atoms with Gasteiger partial charge in [0.1, 0.15) is 5.75 Å². The van der Waals surface area contributed by atoms with E-state index in [1.54, 1.807) is 4.90 Å². The third kappa shape index (κ3) is 6.29. The molecular formula is C16H23NO4. The maximum atomic E-state index is 12.2. The number of hydrogen-bond donors (Lipinski definition) is 1. The van der Waals surface area contributed by atoms with E-state index in [2.05, 4.69) is 0 Å². The average molecular weight is 293 g/mol. The van der Waals surface area contributed by atoms with Crippen molar-refractivity contribution in [3.63, 3.8) is 0 Å². The van der Waals surface area contributed by atoms with Gasteiger partial charge in [0.15, 0.2) is 6.61 Å². The van der Waals surface area contributed by atoms with Crippen molar-refractivity contribution in [3.05, 3.63) is 29.8 Å². The van der Waals surface area contributed by atoms with Crippen LogP contribution in [0.1, 0.15) is 32.3 Å². The highest BCUT2D eigenvalue weighted by Crippen LogP contribution is 2.13. The summed E-state index contributed by atoms with van der Waals surface area (Å²) in [5.74, 6) is -0.309. The van der Waals surface area contributed by atoms with E-state index in [9.17, 15) is 9.59 Å². The monoisotopic (exact) mass is 293 g/mol. The van der Waals surface area contributed by atoms with E-state index >= 15 is 0 Å². The van der Waals surface area contributed by atoms with E-state index in [-0.39, 0.29) is 25.0 Å². The first-order valence-electron chi connectivity index (χ1n) is 7.11. The first kappa shape index (κ1) is 17.0. The molecule has 0 unspecified atom stereocenters. The lowest BCUT2D eigenvalue weighted by Crippen LogP contribution is -2.40. The second kappa shape index (κ2) is 8.29. The third-order valence-corrected chi connectivity index (χ3v) is 3.09. The molecule has 0 saturated heterocycles. The predicted molar refractivity (Wildman–Crippen MR) is 80.4 cm³/mol. The van der Waals surface area contributed by atoms with Gasteiger partial charge in [-0.15, -0.1) is 0 Å². The van der Waals surface area contributed by atoms with Gasteiger partial charge in [-0.3, -0.25) is 9.59 Å². The summed E-state index contributed by atoms with van der Waals surface area (Å²) >= 11 is 0. The van der Waals surface area contributed by atoms with E-state index < -0.39 is 5.97 Å². The fourth-order valence-corrected chi connectivity index (χ4v) is 2.00. The maximum Gasteiger partial charge on any atom is 0.303 e. The number of benzene rings is 1. The van der Waals surface area contributed by atoms with Crippen molar-refractivity contribution in [2.45, 2.75) is 39.7 Å². The summed E-state index contributed by atoms with van der Waals surface area (Å²) in [7, 11) is 0. The number of aliphatic carboxylic acids is 1. The lowest BCUT2D eigenvalue weighted by atomic mass is 10.2. The highest BCUT2D eigenvalue weighted by molar-refractivity contribution is 5.78. The first-order chi connectivity index (χ1) is 9.90. The van der Waals surface area contributed by atoms with Crippen molar-refractivity contribution in [1.82, 2.24) is 4.90 Å². The van der Waals surface area contributed by atoms with Gasteiger partial charge in [-0.2, -0.15) is 0 Å². The summed E-state index contributed by atoms with van der Waals surface area (Å²) in [5.41, 5.74) is 1.07. The summed E-state index contributed by atoms with van der Waals surface area (Å²) in [6.07, 6.45) is 0.513. The number of carboxylic acid groups (broad SMARTS) is 1. The molecule has 0 aliphatic heterocycles. The Morgan fingerprint density at radius 3 is 2.62 bits per heavy atom. The summed E-state index contributed by atoms with van der Waals surface area (Å²) < 4.78 is 5.50. The summed E-state index contributed by atoms with van der Waals surface area (Å²) in [6, 6.07) is 7.54. The second-order valence-electron chi connectivity index (χ2n) is 5.28. The van der Waals surface area contributed by atoms with E-state index in [0.29, 0.717) is 18.7 Å². The minimum Gasteiger partial charge on any atom is -0.484 e. The fourth-order valence-electron chi connectivity index (χ4n) is 2.00. The zero-order chi connectivity index (χ0) is 15.8. The molecule has 0 atom stereocenters. The van der Waals surface area contributed by atoms with Gasteiger partial charge in [-0.1, -0.05) is 12.1 Å². The van der Waals surface area contributed by atoms with Gasteiger partial charge in [0.25, 0.3) is 5.91 Å². The van der Waals surface area contributed by atoms with Crippen molar-refractivity contribution in [1.29, 1.82) is 0 Å². The van der Waals surface area contributed by atoms with Gasteiger partial charge >= 0.3 is 5.97 Å². The molecule has 0 aromatic heterocycles. The Morgan fingerprint density at radius 2 is 2.05 bits per heavy atom. The van der Waals surface area contributed by atoms with Crippen molar-refractivity contribution in [2.75, 3.05) is 13.2 Å². The van der Waals surface area contributed by atoms with Crippen LogP contribution in [0.4, 0.5) is 0 Å². The van der Waals surface area contributed by atoms with E-state index in [0.717, 1.165) is 5.56 Å². The summed E-state index contributed by atoms with van der Waals surface area (Å²) in [4.78, 5) is 24.4. The number of carbonyl (C=O) groups is 2. The number of ether oxygens (including phenoxy) is 1. The largest absolute Gasteiger partial charge is 0.484 e. The molecule has 0 radical (unpaired) electrons. The van der Waals surface area contributed by atoms with Gasteiger partial charge in [-0.25, -0.2) is 0 Å². The second-order valence-corrected chi connectivity index (χ2v) is 5.28. The van der Waals surface area contributed by atoms with Crippen LogP contribution in [0.25, 0.3) is 0 Å². The van der Waals surface area contributed by atoms with E-state index in [1.807, 2.05) is 45.0 Å². The number of nitrogens with zero attached hydrogens (tertiary/aromatic N) is 1. The number of aryl methyl sites for hydroxylation is 1. The van der Waals surface area contributed by atoms with Crippen molar-refractivity contribution in [2.24, 2.45) is 0 Å². The van der Waals surface area contributed by atoms with Crippen molar-refractivity contribution in [3.8, 4) is 5.75 Å². The van der Waals surface area contributed by atoms with Crippen LogP contribution in [0, 0.1) is 6.92 Å². The lowest BCUT2D eigenvalue weighted by Gasteiger charge is -2.26. The Bertz CT molecular complexity index is 485. The Balaban J connectivity index is 2.50. The molecule has 1 N–H and O–H groups in total. The number of hydrogen-bond acceptors (Lipinski definition) is 3. The molecule has 0 heterocycles. The molecule has 0 aliphatic carbocycles. The van der Waals surface area contributed by atoms with Crippen LogP contribution in [0.3, 0.4) is 0 Å². The number of amides is 1. The molecule has 1 aromatic rings. The number of carboxylic acids is 1. The van der Waals surface area contributed by atoms with E-state index in [1.165, 1.54) is 0 Å². The average Bonchev–Trinajstić information content (AvgIpc) is 2.40. The molecule has 1 amide bonds. The minimum absolute atomic E-state index is 0.0207. The quantitative estimate of drug-likeness (QED) is 0.799. The van der Waals surface area contributed by atoms with Gasteiger partial charge in [0.05, 0.1) is 0 Å². The highest BCUT2D eigenvalue weighted by Gasteiger charge is 2.17. The molecule has 1 rings (SSSR count). The Kier molecular flexibility index (Phi) is 6.72. The normalized spacial score (nSPS) is 10.5. The molecule has 0 spiro atoms. The van der Waals surface area contributed by atoms with Gasteiger partial charge < -0.3 is 14.7 Å². The molecule has 0 bridgehead atoms. The number of carbonyl (C=O) groups excluding carboxylic acids is 1. The van der Waals surface area contributed by atoms with Crippen molar-refractivity contribution >= 4 is 11.9 Å². The van der Waals surface area contributed by atoms with E-state index in [4.69, 9.17) is 9.84 Å². The van der Waals surface area contributed by atoms with Crippen LogP contribution >= 0.6 is 0 Å². The summed E-state index contributed by atoms with van der Waals surface area (Å²) in [6.45, 7) is 6.17. The number of rotatable bonds is 8. The molecule has 0 saturated carbocycles. The van der Waals surface area contributed by atoms with Gasteiger partial charge in [0.2, 0.25) is 0 Å². The summed E-state index contributed by atoms with van der Waals surface area (Å²) in [5, 5.41) is 8.65. The molecule has 1 aromatic carbocycles. The Hall–Kier alpha value is -2.04. The predicted octanol–water partition coefficient (Wildman–Crippen LogP) is 2.48.